The van der Waals surface area contributed by atoms with Gasteiger partial charge in [-0.25, -0.2) is 4.39 Å². The van der Waals surface area contributed by atoms with Crippen LogP contribution in [0.1, 0.15) is 0 Å². The highest BCUT2D eigenvalue weighted by Crippen LogP contribution is 2.46. The average molecular weight is 324 g/mol. The van der Waals surface area contributed by atoms with Crippen LogP contribution in [0.3, 0.4) is 0 Å². The van der Waals surface area contributed by atoms with Gasteiger partial charge in [0.1, 0.15) is 17.2 Å². The molecule has 0 aliphatic heterocycles. The van der Waals surface area contributed by atoms with Crippen LogP contribution in [-0.4, -0.2) is 19.9 Å². The lowest BCUT2D eigenvalue weighted by atomic mass is 10.0. The molecule has 0 unspecified atom stereocenters. The van der Waals surface area contributed by atoms with Crippen LogP contribution in [0.5, 0.6) is 0 Å². The molecule has 0 bridgehead atoms. The molecule has 25 heavy (non-hydrogen) atoms. The molecular formula is C18H5FN6. The van der Waals surface area contributed by atoms with Crippen LogP contribution in [0.2, 0.25) is 0 Å². The molecule has 0 saturated carbocycles. The summed E-state index contributed by atoms with van der Waals surface area (Å²) in [5, 5.41) is 1.26. The first-order valence-corrected chi connectivity index (χ1v) is 7.28. The van der Waals surface area contributed by atoms with Gasteiger partial charge >= 0.3 is 11.3 Å². The van der Waals surface area contributed by atoms with E-state index in [1.807, 2.05) is 6.07 Å². The molecule has 0 N–H and O–H groups in total. The molecule has 2 aromatic heterocycles. The van der Waals surface area contributed by atoms with Gasteiger partial charge in [0, 0.05) is 21.9 Å². The second-order valence-corrected chi connectivity index (χ2v) is 5.49. The highest BCUT2D eigenvalue weighted by molar-refractivity contribution is 6.14. The van der Waals surface area contributed by atoms with Crippen LogP contribution >= 0.6 is 0 Å². The Hall–Kier alpha value is -3.97. The summed E-state index contributed by atoms with van der Waals surface area (Å²) in [5.41, 5.74) is 3.11. The number of nitrogens with zero attached hydrogens (tertiary/aromatic N) is 6. The predicted octanol–water partition coefficient (Wildman–Crippen LogP) is 4.46. The monoisotopic (exact) mass is 324 g/mol. The second-order valence-electron chi connectivity index (χ2n) is 5.49. The van der Waals surface area contributed by atoms with E-state index in [4.69, 9.17) is 13.1 Å². The lowest BCUT2D eigenvalue weighted by Gasteiger charge is -2.01. The molecule has 0 amide bonds. The molecule has 0 fully saturated rings. The third-order valence-corrected chi connectivity index (χ3v) is 4.19. The zero-order valence-corrected chi connectivity index (χ0v) is 12.4. The minimum atomic E-state index is -0.306. The van der Waals surface area contributed by atoms with Crippen molar-refractivity contribution in [2.24, 2.45) is 0 Å². The van der Waals surface area contributed by atoms with E-state index in [-0.39, 0.29) is 28.7 Å². The maximum atomic E-state index is 14.1. The van der Waals surface area contributed by atoms with Gasteiger partial charge in [0.25, 0.3) is 11.6 Å². The summed E-state index contributed by atoms with van der Waals surface area (Å²) in [6, 6.07) is 8.41. The van der Waals surface area contributed by atoms with Crippen molar-refractivity contribution in [2.45, 2.75) is 0 Å². The van der Waals surface area contributed by atoms with E-state index in [0.717, 1.165) is 16.5 Å². The van der Waals surface area contributed by atoms with Crippen molar-refractivity contribution in [1.82, 2.24) is 19.9 Å². The van der Waals surface area contributed by atoms with Crippen LogP contribution in [0.4, 0.5) is 16.0 Å². The summed E-state index contributed by atoms with van der Waals surface area (Å²) < 4.78 is 14.1. The van der Waals surface area contributed by atoms with E-state index < -0.39 is 0 Å². The lowest BCUT2D eigenvalue weighted by Crippen LogP contribution is -1.95. The Labute approximate surface area is 140 Å². The number of benzene rings is 2. The molecule has 7 heteroatoms. The zero-order valence-electron chi connectivity index (χ0n) is 12.4. The number of rotatable bonds is 0. The first-order chi connectivity index (χ1) is 12.2. The van der Waals surface area contributed by atoms with E-state index in [1.165, 1.54) is 6.07 Å². The van der Waals surface area contributed by atoms with Crippen LogP contribution in [0, 0.1) is 19.0 Å². The Morgan fingerprint density at radius 3 is 1.96 bits per heavy atom. The third kappa shape index (κ3) is 1.64. The molecule has 2 heterocycles. The first kappa shape index (κ1) is 13.5. The summed E-state index contributed by atoms with van der Waals surface area (Å²) in [5.74, 6) is -0.507. The molecule has 4 aromatic rings. The fourth-order valence-electron chi connectivity index (χ4n) is 3.16. The van der Waals surface area contributed by atoms with Gasteiger partial charge in [-0.05, 0) is 12.1 Å². The van der Waals surface area contributed by atoms with Crippen LogP contribution in [0.25, 0.3) is 54.3 Å². The number of aromatic nitrogens is 4. The highest BCUT2D eigenvalue weighted by Gasteiger charge is 2.28. The Balaban J connectivity index is 1.93. The number of fused-ring (bicyclic) bond motifs is 4. The normalized spacial score (nSPS) is 11.3. The SMILES string of the molecule is [C-]#[N+]c1nc2nc3c(nc2nc1[N+]#[C-])-c1ccc(F)c2cccc-3c12. The summed E-state index contributed by atoms with van der Waals surface area (Å²) in [7, 11) is 0. The fraction of sp³-hybridized carbons (Fsp3) is 0. The van der Waals surface area contributed by atoms with E-state index in [9.17, 15) is 4.39 Å². The summed E-state index contributed by atoms with van der Waals surface area (Å²) in [6.07, 6.45) is 0. The fourth-order valence-corrected chi connectivity index (χ4v) is 3.16. The van der Waals surface area contributed by atoms with Gasteiger partial charge in [0.05, 0.1) is 0 Å². The van der Waals surface area contributed by atoms with Crippen molar-refractivity contribution in [2.75, 3.05) is 0 Å². The van der Waals surface area contributed by atoms with Crippen molar-refractivity contribution >= 4 is 33.7 Å². The topological polar surface area (TPSA) is 60.3 Å². The molecule has 0 atom stereocenters. The van der Waals surface area contributed by atoms with Gasteiger partial charge in [-0.15, -0.1) is 9.97 Å². The summed E-state index contributed by atoms with van der Waals surface area (Å²) in [4.78, 5) is 23.7. The van der Waals surface area contributed by atoms with Gasteiger partial charge in [0.2, 0.25) is 0 Å². The Bertz CT molecular complexity index is 1260. The molecule has 1 aliphatic rings. The quantitative estimate of drug-likeness (QED) is 0.395. The van der Waals surface area contributed by atoms with Gasteiger partial charge in [0.15, 0.2) is 0 Å². The average Bonchev–Trinajstić information content (AvgIpc) is 2.96. The summed E-state index contributed by atoms with van der Waals surface area (Å²) in [6.45, 7) is 14.3. The van der Waals surface area contributed by atoms with Crippen molar-refractivity contribution in [1.29, 1.82) is 0 Å². The largest absolute Gasteiger partial charge is 0.370 e. The van der Waals surface area contributed by atoms with Crippen molar-refractivity contribution < 1.29 is 4.39 Å². The highest BCUT2D eigenvalue weighted by atomic mass is 19.1. The van der Waals surface area contributed by atoms with Gasteiger partial charge < -0.3 is 9.69 Å². The van der Waals surface area contributed by atoms with E-state index in [2.05, 4.69) is 29.6 Å². The van der Waals surface area contributed by atoms with Crippen molar-refractivity contribution in [3.05, 3.63) is 59.0 Å². The number of hydrogen-bond donors (Lipinski definition) is 0. The van der Waals surface area contributed by atoms with Gasteiger partial charge in [-0.2, -0.15) is 9.97 Å². The van der Waals surface area contributed by atoms with E-state index >= 15 is 0 Å². The number of halogens is 1. The predicted molar refractivity (Wildman–Crippen MR) is 89.5 cm³/mol. The molecule has 114 valence electrons. The van der Waals surface area contributed by atoms with Gasteiger partial charge in [-0.3, -0.25) is 0 Å². The third-order valence-electron chi connectivity index (χ3n) is 4.19. The van der Waals surface area contributed by atoms with Crippen LogP contribution < -0.4 is 0 Å². The lowest BCUT2D eigenvalue weighted by molar-refractivity contribution is 0.640. The molecule has 6 nitrogen and oxygen atoms in total. The molecule has 1 aliphatic carbocycles. The Kier molecular flexibility index (Phi) is 2.44. The first-order valence-electron chi connectivity index (χ1n) is 7.28. The summed E-state index contributed by atoms with van der Waals surface area (Å²) >= 11 is 0. The smallest absolute Gasteiger partial charge is 0.316 e. The van der Waals surface area contributed by atoms with E-state index in [1.54, 1.807) is 18.2 Å². The minimum absolute atomic E-state index is 0.100. The molecule has 2 aromatic carbocycles. The molecule has 5 rings (SSSR count). The second kappa shape index (κ2) is 4.53. The van der Waals surface area contributed by atoms with Crippen molar-refractivity contribution in [3.8, 4) is 22.5 Å². The van der Waals surface area contributed by atoms with Crippen LogP contribution in [-0.2, 0) is 0 Å². The molecule has 0 saturated heterocycles. The van der Waals surface area contributed by atoms with Crippen LogP contribution in [0.15, 0.2) is 30.3 Å². The maximum Gasteiger partial charge on any atom is 0.316 e. The standard InChI is InChI=1S/C18H5FN6/c1-20-15-16(21-2)25-18-17(24-15)22-13-9-5-3-4-8-11(19)7-6-10(12(8)9)14(13)23-18/h3-7H. The van der Waals surface area contributed by atoms with E-state index in [0.29, 0.717) is 16.8 Å². The Morgan fingerprint density at radius 1 is 0.760 bits per heavy atom. The number of hydrogen-bond acceptors (Lipinski definition) is 4. The molecule has 0 radical (unpaired) electrons. The van der Waals surface area contributed by atoms with Gasteiger partial charge in [-0.1, -0.05) is 31.3 Å². The molecule has 0 spiro atoms. The van der Waals surface area contributed by atoms with Crippen molar-refractivity contribution in [3.63, 3.8) is 0 Å². The maximum absolute atomic E-state index is 14.1. The minimum Gasteiger partial charge on any atom is -0.370 e. The molecular weight excluding hydrogens is 319 g/mol. The zero-order chi connectivity index (χ0) is 17.1. The Morgan fingerprint density at radius 2 is 1.36 bits per heavy atom.